The molecule has 0 bridgehead atoms. The molecule has 6 nitrogen and oxygen atoms in total. The molecule has 4 rings (SSSR count). The molecule has 184 valence electrons. The minimum absolute atomic E-state index is 0.0374. The molecule has 3 aromatic carbocycles. The summed E-state index contributed by atoms with van der Waals surface area (Å²) in [7, 11) is 3.44. The zero-order valence-electron chi connectivity index (χ0n) is 20.4. The van der Waals surface area contributed by atoms with Crippen LogP contribution in [0.5, 0.6) is 11.5 Å². The average Bonchev–Trinajstić information content (AvgIpc) is 2.89. The number of rotatable bonds is 10. The monoisotopic (exact) mass is 474 g/mol. The first-order valence-electron chi connectivity index (χ1n) is 12.1. The van der Waals surface area contributed by atoms with E-state index in [0.29, 0.717) is 18.9 Å². The van der Waals surface area contributed by atoms with Gasteiger partial charge in [-0.25, -0.2) is 0 Å². The number of aryl methyl sites for hydroxylation is 1. The first kappa shape index (κ1) is 24.8. The summed E-state index contributed by atoms with van der Waals surface area (Å²) in [6.07, 6.45) is 2.28. The summed E-state index contributed by atoms with van der Waals surface area (Å²) in [5.41, 5.74) is 4.54. The van der Waals surface area contributed by atoms with Crippen LogP contribution in [0.1, 0.15) is 34.8 Å². The van der Waals surface area contributed by atoms with Gasteiger partial charge in [0.05, 0.1) is 6.10 Å². The Kier molecular flexibility index (Phi) is 8.40. The van der Waals surface area contributed by atoms with Gasteiger partial charge in [-0.2, -0.15) is 0 Å². The Bertz CT molecular complexity index is 1100. The highest BCUT2D eigenvalue weighted by Gasteiger charge is 2.20. The van der Waals surface area contributed by atoms with Gasteiger partial charge in [-0.1, -0.05) is 48.5 Å². The van der Waals surface area contributed by atoms with Crippen LogP contribution in [0.3, 0.4) is 0 Å². The summed E-state index contributed by atoms with van der Waals surface area (Å²) in [5.74, 6) is 1.44. The molecule has 3 aromatic rings. The van der Waals surface area contributed by atoms with E-state index in [0.717, 1.165) is 36.1 Å². The van der Waals surface area contributed by atoms with Gasteiger partial charge in [-0.05, 0) is 65.8 Å². The highest BCUT2D eigenvalue weighted by molar-refractivity contribution is 5.77. The Morgan fingerprint density at radius 1 is 1.00 bits per heavy atom. The van der Waals surface area contributed by atoms with E-state index >= 15 is 0 Å². The van der Waals surface area contributed by atoms with Crippen LogP contribution in [0.2, 0.25) is 0 Å². The van der Waals surface area contributed by atoms with Crippen LogP contribution in [0.15, 0.2) is 72.8 Å². The zero-order chi connectivity index (χ0) is 24.6. The van der Waals surface area contributed by atoms with Crippen LogP contribution in [-0.4, -0.2) is 49.2 Å². The second-order valence-electron chi connectivity index (χ2n) is 9.21. The number of hydrogen-bond acceptors (Lipinski definition) is 5. The van der Waals surface area contributed by atoms with Gasteiger partial charge in [0.15, 0.2) is 6.61 Å². The number of aliphatic hydroxyl groups excluding tert-OH is 1. The van der Waals surface area contributed by atoms with Gasteiger partial charge >= 0.3 is 0 Å². The SMILES string of the molecule is CN(C)C(=O)COc1ccc2c(c1)C[C@@H](NC[C@H](O)c1ccc(OCc3ccccc3)cc1)CC2. The number of amides is 1. The van der Waals surface area contributed by atoms with Crippen molar-refractivity contribution in [1.82, 2.24) is 10.2 Å². The Balaban J connectivity index is 1.25. The highest BCUT2D eigenvalue weighted by atomic mass is 16.5. The van der Waals surface area contributed by atoms with Crippen LogP contribution in [0.4, 0.5) is 0 Å². The van der Waals surface area contributed by atoms with E-state index in [2.05, 4.69) is 11.4 Å². The molecule has 0 spiro atoms. The molecule has 6 heteroatoms. The number of benzene rings is 3. The standard InChI is InChI=1S/C29H34N2O4/c1-31(2)29(33)20-35-27-15-9-22-8-12-25(16-24(22)17-27)30-18-28(32)23-10-13-26(14-11-23)34-19-21-6-4-3-5-7-21/h3-7,9-11,13-15,17,25,28,30,32H,8,12,16,18-20H2,1-2H3/t25-,28-/m0/s1. The maximum Gasteiger partial charge on any atom is 0.259 e. The van der Waals surface area contributed by atoms with E-state index in [4.69, 9.17) is 9.47 Å². The van der Waals surface area contributed by atoms with Crippen LogP contribution in [0.25, 0.3) is 0 Å². The molecule has 0 heterocycles. The number of nitrogens with zero attached hydrogens (tertiary/aromatic N) is 1. The predicted molar refractivity (Wildman–Crippen MR) is 137 cm³/mol. The maximum absolute atomic E-state index is 11.8. The van der Waals surface area contributed by atoms with Crippen LogP contribution < -0.4 is 14.8 Å². The lowest BCUT2D eigenvalue weighted by Crippen LogP contribution is -2.37. The van der Waals surface area contributed by atoms with E-state index in [9.17, 15) is 9.90 Å². The number of ether oxygens (including phenoxy) is 2. The Morgan fingerprint density at radius 2 is 1.74 bits per heavy atom. The molecular formula is C29H34N2O4. The van der Waals surface area contributed by atoms with E-state index in [1.807, 2.05) is 66.7 Å². The van der Waals surface area contributed by atoms with Gasteiger partial charge < -0.3 is 24.8 Å². The van der Waals surface area contributed by atoms with Crippen molar-refractivity contribution in [2.45, 2.75) is 38.0 Å². The van der Waals surface area contributed by atoms with Crippen molar-refractivity contribution >= 4 is 5.91 Å². The van der Waals surface area contributed by atoms with Gasteiger partial charge in [-0.3, -0.25) is 4.79 Å². The maximum atomic E-state index is 11.8. The minimum atomic E-state index is -0.591. The number of likely N-dealkylation sites (N-methyl/N-ethyl adjacent to an activating group) is 1. The number of fused-ring (bicyclic) bond motifs is 1. The number of carbonyl (C=O) groups excluding carboxylic acids is 1. The van der Waals surface area contributed by atoms with Crippen molar-refractivity contribution < 1.29 is 19.4 Å². The molecule has 0 aliphatic heterocycles. The van der Waals surface area contributed by atoms with E-state index in [1.165, 1.54) is 16.0 Å². The quantitative estimate of drug-likeness (QED) is 0.466. The Hall–Kier alpha value is -3.35. The van der Waals surface area contributed by atoms with Crippen molar-refractivity contribution in [3.63, 3.8) is 0 Å². The number of nitrogens with one attached hydrogen (secondary N) is 1. The second-order valence-corrected chi connectivity index (χ2v) is 9.21. The summed E-state index contributed by atoms with van der Waals surface area (Å²) in [4.78, 5) is 13.3. The van der Waals surface area contributed by atoms with Gasteiger partial charge in [0.25, 0.3) is 5.91 Å². The lowest BCUT2D eigenvalue weighted by atomic mass is 9.88. The fourth-order valence-corrected chi connectivity index (χ4v) is 4.19. The van der Waals surface area contributed by atoms with Gasteiger partial charge in [0.1, 0.15) is 18.1 Å². The number of aliphatic hydroxyl groups is 1. The van der Waals surface area contributed by atoms with Crippen molar-refractivity contribution in [1.29, 1.82) is 0 Å². The van der Waals surface area contributed by atoms with E-state index < -0.39 is 6.10 Å². The highest BCUT2D eigenvalue weighted by Crippen LogP contribution is 2.26. The predicted octanol–water partition coefficient (Wildman–Crippen LogP) is 3.91. The lowest BCUT2D eigenvalue weighted by Gasteiger charge is -2.27. The molecule has 2 atom stereocenters. The molecule has 0 saturated carbocycles. The smallest absolute Gasteiger partial charge is 0.259 e. The van der Waals surface area contributed by atoms with Gasteiger partial charge in [0.2, 0.25) is 0 Å². The third-order valence-electron chi connectivity index (χ3n) is 6.38. The fourth-order valence-electron chi connectivity index (χ4n) is 4.19. The molecule has 1 aliphatic carbocycles. The summed E-state index contributed by atoms with van der Waals surface area (Å²) in [6, 6.07) is 24.0. The first-order valence-corrected chi connectivity index (χ1v) is 12.1. The average molecular weight is 475 g/mol. The molecule has 0 fully saturated rings. The van der Waals surface area contributed by atoms with Crippen molar-refractivity contribution in [2.24, 2.45) is 0 Å². The molecule has 0 saturated heterocycles. The molecule has 1 amide bonds. The topological polar surface area (TPSA) is 71.0 Å². The third kappa shape index (κ3) is 7.07. The Morgan fingerprint density at radius 3 is 2.49 bits per heavy atom. The third-order valence-corrected chi connectivity index (χ3v) is 6.38. The molecular weight excluding hydrogens is 440 g/mol. The lowest BCUT2D eigenvalue weighted by molar-refractivity contribution is -0.130. The summed E-state index contributed by atoms with van der Waals surface area (Å²) >= 11 is 0. The minimum Gasteiger partial charge on any atom is -0.489 e. The Labute approximate surface area is 207 Å². The van der Waals surface area contributed by atoms with Gasteiger partial charge in [0, 0.05) is 26.7 Å². The molecule has 1 aliphatic rings. The van der Waals surface area contributed by atoms with Crippen LogP contribution in [0, 0.1) is 0 Å². The molecule has 0 aromatic heterocycles. The number of hydrogen-bond donors (Lipinski definition) is 2. The molecule has 0 radical (unpaired) electrons. The van der Waals surface area contributed by atoms with Crippen molar-refractivity contribution in [3.8, 4) is 11.5 Å². The van der Waals surface area contributed by atoms with Crippen molar-refractivity contribution in [2.75, 3.05) is 27.2 Å². The number of carbonyl (C=O) groups is 1. The first-order chi connectivity index (χ1) is 17.0. The van der Waals surface area contributed by atoms with E-state index in [-0.39, 0.29) is 18.6 Å². The fraction of sp³-hybridized carbons (Fsp3) is 0.345. The largest absolute Gasteiger partial charge is 0.489 e. The summed E-state index contributed by atoms with van der Waals surface area (Å²) in [5, 5.41) is 14.2. The van der Waals surface area contributed by atoms with E-state index in [1.54, 1.807) is 14.1 Å². The van der Waals surface area contributed by atoms with Crippen LogP contribution >= 0.6 is 0 Å². The van der Waals surface area contributed by atoms with Gasteiger partial charge in [-0.15, -0.1) is 0 Å². The van der Waals surface area contributed by atoms with Crippen molar-refractivity contribution in [3.05, 3.63) is 95.1 Å². The summed E-state index contributed by atoms with van der Waals surface area (Å²) < 4.78 is 11.5. The zero-order valence-corrected chi connectivity index (χ0v) is 20.4. The summed E-state index contributed by atoms with van der Waals surface area (Å²) in [6.45, 7) is 1.04. The van der Waals surface area contributed by atoms with Crippen LogP contribution in [-0.2, 0) is 24.2 Å². The normalized spacial score (nSPS) is 15.7. The molecule has 35 heavy (non-hydrogen) atoms. The molecule has 2 N–H and O–H groups in total. The second kappa shape index (κ2) is 11.9. The molecule has 0 unspecified atom stereocenters.